The fourth-order valence-corrected chi connectivity index (χ4v) is 4.60. The summed E-state index contributed by atoms with van der Waals surface area (Å²) in [5.74, 6) is -0.404. The highest BCUT2D eigenvalue weighted by Crippen LogP contribution is 2.29. The van der Waals surface area contributed by atoms with Crippen LogP contribution in [0, 0.1) is 0 Å². The van der Waals surface area contributed by atoms with Crippen LogP contribution in [0.3, 0.4) is 0 Å². The van der Waals surface area contributed by atoms with Gasteiger partial charge in [-0.15, -0.1) is 0 Å². The zero-order valence-corrected chi connectivity index (χ0v) is 19.3. The number of sulfonamides is 1. The van der Waals surface area contributed by atoms with E-state index in [4.69, 9.17) is 9.88 Å². The number of carbonyl (C=O) groups excluding carboxylic acids is 1. The van der Waals surface area contributed by atoms with Crippen LogP contribution in [0.4, 0.5) is 0 Å². The SMILES string of the molecule is CCOC(=O)C(CC)Sc1nc2c(c(=O)[nH]c(=O)n2C)n1Cc1ccc(S(N)(=O)=O)cc1. The van der Waals surface area contributed by atoms with Crippen molar-refractivity contribution in [3.05, 3.63) is 50.7 Å². The molecular weight excluding hydrogens is 458 g/mol. The standard InChI is InChI=1S/C19H23N5O6S2/c1-4-13(17(26)30-5-2)31-19-21-15-14(16(25)22-18(27)23(15)3)24(19)10-11-6-8-12(9-7-11)32(20,28)29/h6-9,13H,4-5,10H2,1-3H3,(H2,20,28,29)(H,22,25,27). The molecule has 0 aliphatic carbocycles. The van der Waals surface area contributed by atoms with Gasteiger partial charge in [-0.2, -0.15) is 0 Å². The van der Waals surface area contributed by atoms with E-state index in [-0.39, 0.29) is 29.2 Å². The van der Waals surface area contributed by atoms with Crippen molar-refractivity contribution in [2.75, 3.05) is 6.61 Å². The van der Waals surface area contributed by atoms with Gasteiger partial charge in [0.25, 0.3) is 5.56 Å². The third-order valence-electron chi connectivity index (χ3n) is 4.73. The third-order valence-corrected chi connectivity index (χ3v) is 6.99. The molecule has 13 heteroatoms. The highest BCUT2D eigenvalue weighted by atomic mass is 32.2. The Hall–Kier alpha value is -2.90. The smallest absolute Gasteiger partial charge is 0.329 e. The van der Waals surface area contributed by atoms with E-state index in [1.165, 1.54) is 23.7 Å². The Balaban J connectivity index is 2.13. The summed E-state index contributed by atoms with van der Waals surface area (Å²) in [5, 5.41) is 4.93. The van der Waals surface area contributed by atoms with Crippen LogP contribution in [0.1, 0.15) is 25.8 Å². The maximum Gasteiger partial charge on any atom is 0.329 e. The van der Waals surface area contributed by atoms with Crippen molar-refractivity contribution in [3.8, 4) is 0 Å². The van der Waals surface area contributed by atoms with E-state index in [1.54, 1.807) is 23.6 Å². The maximum atomic E-state index is 12.6. The number of nitrogens with two attached hydrogens (primary N) is 1. The Kier molecular flexibility index (Phi) is 6.91. The number of nitrogens with zero attached hydrogens (tertiary/aromatic N) is 3. The predicted molar refractivity (Wildman–Crippen MR) is 119 cm³/mol. The molecule has 2 heterocycles. The molecule has 0 bridgehead atoms. The summed E-state index contributed by atoms with van der Waals surface area (Å²) < 4.78 is 31.0. The first-order valence-corrected chi connectivity index (χ1v) is 12.1. The maximum absolute atomic E-state index is 12.6. The number of benzene rings is 1. The molecule has 3 N–H and O–H groups in total. The minimum atomic E-state index is -3.84. The Labute approximate surface area is 187 Å². The van der Waals surface area contributed by atoms with Gasteiger partial charge in [0.1, 0.15) is 5.25 Å². The normalized spacial score (nSPS) is 12.8. The summed E-state index contributed by atoms with van der Waals surface area (Å²) in [6.45, 7) is 3.92. The summed E-state index contributed by atoms with van der Waals surface area (Å²) in [5.41, 5.74) is -0.243. The molecule has 2 aromatic heterocycles. The lowest BCUT2D eigenvalue weighted by Gasteiger charge is -2.14. The van der Waals surface area contributed by atoms with E-state index >= 15 is 0 Å². The van der Waals surface area contributed by atoms with Gasteiger partial charge >= 0.3 is 11.7 Å². The molecule has 1 unspecified atom stereocenters. The lowest BCUT2D eigenvalue weighted by atomic mass is 10.2. The van der Waals surface area contributed by atoms with Gasteiger partial charge in [0.15, 0.2) is 16.3 Å². The summed E-state index contributed by atoms with van der Waals surface area (Å²) in [6, 6.07) is 5.87. The molecule has 0 saturated carbocycles. The lowest BCUT2D eigenvalue weighted by molar-refractivity contribution is -0.142. The second kappa shape index (κ2) is 9.30. The predicted octanol–water partition coefficient (Wildman–Crippen LogP) is 0.553. The molecule has 0 aliphatic heterocycles. The van der Waals surface area contributed by atoms with Crippen molar-refractivity contribution in [3.63, 3.8) is 0 Å². The summed E-state index contributed by atoms with van der Waals surface area (Å²) >= 11 is 1.13. The molecule has 0 spiro atoms. The van der Waals surface area contributed by atoms with Gasteiger partial charge in [0.2, 0.25) is 10.0 Å². The van der Waals surface area contributed by atoms with Gasteiger partial charge in [-0.05, 0) is 31.0 Å². The molecule has 11 nitrogen and oxygen atoms in total. The topological polar surface area (TPSA) is 159 Å². The molecule has 0 aliphatic rings. The number of primary sulfonamides is 1. The Morgan fingerprint density at radius 1 is 1.25 bits per heavy atom. The minimum absolute atomic E-state index is 0.0417. The van der Waals surface area contributed by atoms with Crippen molar-refractivity contribution in [2.45, 2.75) is 42.1 Å². The molecule has 3 aromatic rings. The minimum Gasteiger partial charge on any atom is -0.465 e. The number of hydrogen-bond donors (Lipinski definition) is 2. The number of esters is 1. The summed E-state index contributed by atoms with van der Waals surface area (Å²) in [7, 11) is -2.36. The van der Waals surface area contributed by atoms with Crippen LogP contribution in [0.15, 0.2) is 43.9 Å². The fraction of sp³-hybridized carbons (Fsp3) is 0.368. The van der Waals surface area contributed by atoms with Crippen molar-refractivity contribution < 1.29 is 17.9 Å². The van der Waals surface area contributed by atoms with E-state index in [2.05, 4.69) is 9.97 Å². The van der Waals surface area contributed by atoms with Crippen molar-refractivity contribution in [2.24, 2.45) is 12.2 Å². The van der Waals surface area contributed by atoms with Gasteiger partial charge in [-0.25, -0.2) is 23.3 Å². The molecule has 32 heavy (non-hydrogen) atoms. The van der Waals surface area contributed by atoms with E-state index in [0.29, 0.717) is 17.1 Å². The van der Waals surface area contributed by atoms with Crippen LogP contribution in [0.5, 0.6) is 0 Å². The van der Waals surface area contributed by atoms with Crippen LogP contribution < -0.4 is 16.4 Å². The Morgan fingerprint density at radius 2 is 1.91 bits per heavy atom. The van der Waals surface area contributed by atoms with Crippen molar-refractivity contribution in [1.82, 2.24) is 19.1 Å². The summed E-state index contributed by atoms with van der Waals surface area (Å²) in [6.07, 6.45) is 0.463. The van der Waals surface area contributed by atoms with E-state index in [9.17, 15) is 22.8 Å². The monoisotopic (exact) mass is 481 g/mol. The van der Waals surface area contributed by atoms with Crippen LogP contribution in [-0.2, 0) is 33.1 Å². The number of nitrogens with one attached hydrogen (secondary N) is 1. The molecule has 1 atom stereocenters. The Bertz CT molecular complexity index is 1370. The highest BCUT2D eigenvalue weighted by Gasteiger charge is 2.25. The number of aromatic nitrogens is 4. The fourth-order valence-electron chi connectivity index (χ4n) is 3.08. The number of imidazole rings is 1. The van der Waals surface area contributed by atoms with Crippen molar-refractivity contribution in [1.29, 1.82) is 0 Å². The average molecular weight is 482 g/mol. The average Bonchev–Trinajstić information content (AvgIpc) is 3.08. The lowest BCUT2D eigenvalue weighted by Crippen LogP contribution is -2.29. The second-order valence-corrected chi connectivity index (χ2v) is 9.66. The molecule has 172 valence electrons. The number of aromatic amines is 1. The number of aryl methyl sites for hydroxylation is 1. The molecular formula is C19H23N5O6S2. The van der Waals surface area contributed by atoms with E-state index < -0.39 is 32.5 Å². The van der Waals surface area contributed by atoms with Crippen LogP contribution in [0.2, 0.25) is 0 Å². The van der Waals surface area contributed by atoms with Crippen LogP contribution in [-0.4, -0.2) is 45.3 Å². The molecule has 0 radical (unpaired) electrons. The molecule has 0 saturated heterocycles. The largest absolute Gasteiger partial charge is 0.465 e. The Morgan fingerprint density at radius 3 is 2.47 bits per heavy atom. The van der Waals surface area contributed by atoms with E-state index in [1.807, 2.05) is 6.92 Å². The highest BCUT2D eigenvalue weighted by molar-refractivity contribution is 8.00. The quantitative estimate of drug-likeness (QED) is 0.349. The molecule has 3 rings (SSSR count). The van der Waals surface area contributed by atoms with Gasteiger partial charge < -0.3 is 9.30 Å². The van der Waals surface area contributed by atoms with E-state index in [0.717, 1.165) is 11.8 Å². The first-order valence-electron chi connectivity index (χ1n) is 9.71. The zero-order chi connectivity index (χ0) is 23.6. The number of ether oxygens (including phenoxy) is 1. The number of H-pyrrole nitrogens is 1. The summed E-state index contributed by atoms with van der Waals surface area (Å²) in [4.78, 5) is 43.7. The first-order chi connectivity index (χ1) is 15.1. The molecule has 0 fully saturated rings. The van der Waals surface area contributed by atoms with Crippen molar-refractivity contribution >= 4 is 38.9 Å². The van der Waals surface area contributed by atoms with Crippen LogP contribution >= 0.6 is 11.8 Å². The number of hydrogen-bond acceptors (Lipinski definition) is 8. The number of rotatable bonds is 8. The zero-order valence-electron chi connectivity index (χ0n) is 17.7. The van der Waals surface area contributed by atoms with Gasteiger partial charge in [0, 0.05) is 7.05 Å². The second-order valence-electron chi connectivity index (χ2n) is 6.93. The first kappa shape index (κ1) is 23.8. The molecule has 1 aromatic carbocycles. The van der Waals surface area contributed by atoms with Gasteiger partial charge in [-0.3, -0.25) is 19.1 Å². The third kappa shape index (κ3) is 4.79. The molecule has 0 amide bonds. The number of carbonyl (C=O) groups is 1. The van der Waals surface area contributed by atoms with Crippen LogP contribution in [0.25, 0.3) is 11.2 Å². The number of fused-ring (bicyclic) bond motifs is 1. The number of thioether (sulfide) groups is 1. The van der Waals surface area contributed by atoms with Gasteiger partial charge in [-0.1, -0.05) is 30.8 Å². The van der Waals surface area contributed by atoms with Gasteiger partial charge in [0.05, 0.1) is 18.0 Å².